The van der Waals surface area contributed by atoms with Gasteiger partial charge in [-0.25, -0.2) is 4.79 Å². The van der Waals surface area contributed by atoms with Crippen LogP contribution in [0.2, 0.25) is 0 Å². The average Bonchev–Trinajstić information content (AvgIpc) is 2.94. The van der Waals surface area contributed by atoms with Crippen LogP contribution in [0, 0.1) is 0 Å². The zero-order valence-corrected chi connectivity index (χ0v) is 11.0. The Morgan fingerprint density at radius 1 is 1.25 bits per heavy atom. The lowest BCUT2D eigenvalue weighted by molar-refractivity contribution is -0.139. The number of nitrogens with one attached hydrogen (secondary N) is 1. The molecule has 0 radical (unpaired) electrons. The molecule has 1 aromatic carbocycles. The number of carbonyl (C=O) groups excluding carboxylic acids is 1. The third kappa shape index (κ3) is 2.88. The third-order valence-corrected chi connectivity index (χ3v) is 2.97. The van der Waals surface area contributed by atoms with Crippen molar-refractivity contribution in [2.24, 2.45) is 0 Å². The smallest absolute Gasteiger partial charge is 0.326 e. The molecule has 0 aliphatic carbocycles. The first-order valence-corrected chi connectivity index (χ1v) is 6.30. The fourth-order valence-electron chi connectivity index (χ4n) is 1.89. The summed E-state index contributed by atoms with van der Waals surface area (Å²) in [6.07, 6.45) is 1.72. The first kappa shape index (κ1) is 13.9. The second kappa shape index (κ2) is 6.06. The van der Waals surface area contributed by atoms with Gasteiger partial charge in [0.15, 0.2) is 5.76 Å². The summed E-state index contributed by atoms with van der Waals surface area (Å²) in [5.41, 5.74) is 1.48. The predicted octanol–water partition coefficient (Wildman–Crippen LogP) is 2.54. The monoisotopic (exact) mass is 273 g/mol. The van der Waals surface area contributed by atoms with Gasteiger partial charge in [0.1, 0.15) is 6.04 Å². The summed E-state index contributed by atoms with van der Waals surface area (Å²) in [6, 6.07) is 10.1. The molecule has 1 atom stereocenters. The van der Waals surface area contributed by atoms with Gasteiger partial charge < -0.3 is 14.8 Å². The van der Waals surface area contributed by atoms with Crippen LogP contribution in [-0.2, 0) is 4.79 Å². The quantitative estimate of drug-likeness (QED) is 0.877. The highest BCUT2D eigenvalue weighted by molar-refractivity contribution is 5.99. The van der Waals surface area contributed by atoms with Gasteiger partial charge in [0.2, 0.25) is 0 Å². The van der Waals surface area contributed by atoms with Crippen molar-refractivity contribution in [3.05, 3.63) is 48.4 Å². The molecule has 5 heteroatoms. The molecule has 2 rings (SSSR count). The van der Waals surface area contributed by atoms with Crippen molar-refractivity contribution in [3.63, 3.8) is 0 Å². The summed E-state index contributed by atoms with van der Waals surface area (Å²) in [4.78, 5) is 23.1. The molecule has 0 fully saturated rings. The molecule has 0 spiro atoms. The summed E-state index contributed by atoms with van der Waals surface area (Å²) in [6.45, 7) is 1.69. The normalized spacial score (nSPS) is 11.8. The molecule has 104 valence electrons. The van der Waals surface area contributed by atoms with Crippen molar-refractivity contribution in [3.8, 4) is 11.1 Å². The Kier molecular flexibility index (Phi) is 4.20. The minimum absolute atomic E-state index is 0.121. The Hall–Kier alpha value is -2.56. The Morgan fingerprint density at radius 3 is 2.55 bits per heavy atom. The summed E-state index contributed by atoms with van der Waals surface area (Å²) in [5.74, 6) is -1.47. The largest absolute Gasteiger partial charge is 0.480 e. The number of carboxylic acid groups (broad SMARTS) is 1. The standard InChI is InChI=1S/C15H15NO4/c1-2-12(15(18)19)16-14(17)13-11(8-9-20-13)10-6-4-3-5-7-10/h3-9,12H,2H2,1H3,(H,16,17)(H,18,19). The molecule has 0 aliphatic rings. The van der Waals surface area contributed by atoms with Gasteiger partial charge in [-0.3, -0.25) is 4.79 Å². The molecule has 0 saturated carbocycles. The Bertz CT molecular complexity index is 603. The first-order chi connectivity index (χ1) is 9.63. The molecular weight excluding hydrogens is 258 g/mol. The lowest BCUT2D eigenvalue weighted by atomic mass is 10.1. The number of benzene rings is 1. The topological polar surface area (TPSA) is 79.5 Å². The van der Waals surface area contributed by atoms with Gasteiger partial charge in [0.05, 0.1) is 6.26 Å². The number of hydrogen-bond donors (Lipinski definition) is 2. The summed E-state index contributed by atoms with van der Waals surface area (Å²) >= 11 is 0. The molecular formula is C15H15NO4. The van der Waals surface area contributed by atoms with E-state index in [0.29, 0.717) is 12.0 Å². The highest BCUT2D eigenvalue weighted by Crippen LogP contribution is 2.24. The van der Waals surface area contributed by atoms with Gasteiger partial charge >= 0.3 is 5.97 Å². The maximum atomic E-state index is 12.1. The van der Waals surface area contributed by atoms with E-state index < -0.39 is 17.9 Å². The fraction of sp³-hybridized carbons (Fsp3) is 0.200. The van der Waals surface area contributed by atoms with Crippen LogP contribution in [0.1, 0.15) is 23.9 Å². The number of amides is 1. The molecule has 1 unspecified atom stereocenters. The van der Waals surface area contributed by atoms with E-state index in [0.717, 1.165) is 5.56 Å². The fourth-order valence-corrected chi connectivity index (χ4v) is 1.89. The van der Waals surface area contributed by atoms with E-state index in [1.54, 1.807) is 13.0 Å². The summed E-state index contributed by atoms with van der Waals surface area (Å²) in [7, 11) is 0. The van der Waals surface area contributed by atoms with Crippen molar-refractivity contribution in [2.45, 2.75) is 19.4 Å². The van der Waals surface area contributed by atoms with E-state index in [9.17, 15) is 9.59 Å². The molecule has 0 bridgehead atoms. The van der Waals surface area contributed by atoms with Crippen molar-refractivity contribution in [2.75, 3.05) is 0 Å². The lowest BCUT2D eigenvalue weighted by Gasteiger charge is -2.11. The maximum absolute atomic E-state index is 12.1. The molecule has 1 heterocycles. The van der Waals surface area contributed by atoms with Gasteiger partial charge in [-0.05, 0) is 18.1 Å². The highest BCUT2D eigenvalue weighted by atomic mass is 16.4. The van der Waals surface area contributed by atoms with Crippen molar-refractivity contribution in [1.29, 1.82) is 0 Å². The maximum Gasteiger partial charge on any atom is 0.326 e. The van der Waals surface area contributed by atoms with E-state index in [1.807, 2.05) is 30.3 Å². The first-order valence-electron chi connectivity index (χ1n) is 6.30. The number of carboxylic acids is 1. The van der Waals surface area contributed by atoms with Crippen LogP contribution in [0.15, 0.2) is 47.1 Å². The van der Waals surface area contributed by atoms with Crippen LogP contribution in [-0.4, -0.2) is 23.0 Å². The van der Waals surface area contributed by atoms with Crippen LogP contribution < -0.4 is 5.32 Å². The van der Waals surface area contributed by atoms with Gasteiger partial charge in [0, 0.05) is 5.56 Å². The molecule has 2 N–H and O–H groups in total. The molecule has 5 nitrogen and oxygen atoms in total. The number of hydrogen-bond acceptors (Lipinski definition) is 3. The molecule has 1 amide bonds. The van der Waals surface area contributed by atoms with Crippen LogP contribution >= 0.6 is 0 Å². The molecule has 0 saturated heterocycles. The van der Waals surface area contributed by atoms with Crippen LogP contribution in [0.5, 0.6) is 0 Å². The van der Waals surface area contributed by atoms with E-state index in [1.165, 1.54) is 6.26 Å². The zero-order chi connectivity index (χ0) is 14.5. The molecule has 1 aromatic heterocycles. The minimum Gasteiger partial charge on any atom is -0.480 e. The summed E-state index contributed by atoms with van der Waals surface area (Å²) < 4.78 is 5.20. The van der Waals surface area contributed by atoms with Crippen molar-refractivity contribution in [1.82, 2.24) is 5.32 Å². The van der Waals surface area contributed by atoms with Gasteiger partial charge in [-0.2, -0.15) is 0 Å². The summed E-state index contributed by atoms with van der Waals surface area (Å²) in [5, 5.41) is 11.4. The Balaban J connectivity index is 2.24. The van der Waals surface area contributed by atoms with Crippen LogP contribution in [0.25, 0.3) is 11.1 Å². The van der Waals surface area contributed by atoms with Crippen LogP contribution in [0.3, 0.4) is 0 Å². The van der Waals surface area contributed by atoms with E-state index in [2.05, 4.69) is 5.32 Å². The zero-order valence-electron chi connectivity index (χ0n) is 11.0. The number of carbonyl (C=O) groups is 2. The van der Waals surface area contributed by atoms with E-state index >= 15 is 0 Å². The molecule has 2 aromatic rings. The van der Waals surface area contributed by atoms with Gasteiger partial charge in [0.25, 0.3) is 5.91 Å². The van der Waals surface area contributed by atoms with Gasteiger partial charge in [-0.15, -0.1) is 0 Å². The van der Waals surface area contributed by atoms with Crippen LogP contribution in [0.4, 0.5) is 0 Å². The van der Waals surface area contributed by atoms with E-state index in [-0.39, 0.29) is 5.76 Å². The number of rotatable bonds is 5. The number of aliphatic carboxylic acids is 1. The van der Waals surface area contributed by atoms with Gasteiger partial charge in [-0.1, -0.05) is 37.3 Å². The number of furan rings is 1. The average molecular weight is 273 g/mol. The lowest BCUT2D eigenvalue weighted by Crippen LogP contribution is -2.40. The Morgan fingerprint density at radius 2 is 1.95 bits per heavy atom. The second-order valence-electron chi connectivity index (χ2n) is 4.30. The predicted molar refractivity (Wildman–Crippen MR) is 73.3 cm³/mol. The second-order valence-corrected chi connectivity index (χ2v) is 4.30. The van der Waals surface area contributed by atoms with Crippen molar-refractivity contribution < 1.29 is 19.1 Å². The SMILES string of the molecule is CCC(NC(=O)c1occc1-c1ccccc1)C(=O)O. The highest BCUT2D eigenvalue weighted by Gasteiger charge is 2.22. The molecule has 0 aliphatic heterocycles. The Labute approximate surface area is 116 Å². The minimum atomic E-state index is -1.06. The van der Waals surface area contributed by atoms with E-state index in [4.69, 9.17) is 9.52 Å². The molecule has 20 heavy (non-hydrogen) atoms. The third-order valence-electron chi connectivity index (χ3n) is 2.97. The van der Waals surface area contributed by atoms with Crippen molar-refractivity contribution >= 4 is 11.9 Å².